The van der Waals surface area contributed by atoms with Crippen molar-refractivity contribution >= 4 is 33.4 Å². The second-order valence-corrected chi connectivity index (χ2v) is 8.29. The molecule has 0 atom stereocenters. The van der Waals surface area contributed by atoms with Crippen molar-refractivity contribution in [3.8, 4) is 33.9 Å². The lowest BCUT2D eigenvalue weighted by Gasteiger charge is -2.02. The van der Waals surface area contributed by atoms with E-state index in [9.17, 15) is 0 Å². The molecule has 0 aliphatic heterocycles. The van der Waals surface area contributed by atoms with Gasteiger partial charge in [-0.05, 0) is 83.9 Å². The summed E-state index contributed by atoms with van der Waals surface area (Å²) in [5.74, 6) is 1.74. The maximum atomic E-state index is 4.78. The number of rotatable bonds is 5. The van der Waals surface area contributed by atoms with E-state index in [0.717, 1.165) is 67.3 Å². The highest BCUT2D eigenvalue weighted by atomic mass is 14.9. The molecule has 0 unspecified atom stereocenters. The Morgan fingerprint density at radius 3 is 1.26 bits per heavy atom. The summed E-state index contributed by atoms with van der Waals surface area (Å²) in [6.45, 7) is 0. The van der Waals surface area contributed by atoms with Gasteiger partial charge in [0.2, 0.25) is 0 Å². The van der Waals surface area contributed by atoms with Crippen LogP contribution in [0.2, 0.25) is 0 Å². The smallest absolute Gasteiger partial charge is 0.138 e. The van der Waals surface area contributed by atoms with Crippen molar-refractivity contribution in [2.24, 2.45) is 0 Å². The second-order valence-electron chi connectivity index (χ2n) is 8.29. The lowest BCUT2D eigenvalue weighted by molar-refractivity contribution is 1.33. The number of anilines is 2. The number of imidazole rings is 2. The summed E-state index contributed by atoms with van der Waals surface area (Å²) < 4.78 is 0. The van der Waals surface area contributed by atoms with E-state index in [0.29, 0.717) is 0 Å². The van der Waals surface area contributed by atoms with Crippen LogP contribution in [0.15, 0.2) is 84.9 Å². The predicted molar refractivity (Wildman–Crippen MR) is 141 cm³/mol. The molecule has 6 aromatic rings. The summed E-state index contributed by atoms with van der Waals surface area (Å²) in [4.78, 5) is 16.5. The Morgan fingerprint density at radius 2 is 0.882 bits per heavy atom. The molecule has 6 nitrogen and oxygen atoms in total. The molecule has 0 aliphatic carbocycles. The number of nitrogens with zero attached hydrogens (tertiary/aromatic N) is 2. The van der Waals surface area contributed by atoms with Crippen molar-refractivity contribution in [1.29, 1.82) is 0 Å². The van der Waals surface area contributed by atoms with Gasteiger partial charge in [0.25, 0.3) is 0 Å². The number of aromatic amines is 2. The average molecular weight is 445 g/mol. The highest BCUT2D eigenvalue weighted by molar-refractivity contribution is 5.88. The topological polar surface area (TPSA) is 81.4 Å². The molecule has 6 heteroatoms. The molecule has 166 valence electrons. The summed E-state index contributed by atoms with van der Waals surface area (Å²) in [6, 6.07) is 29.2. The van der Waals surface area contributed by atoms with E-state index in [-0.39, 0.29) is 0 Å². The largest absolute Gasteiger partial charge is 0.388 e. The molecular formula is C28H24N6. The molecule has 4 N–H and O–H groups in total. The molecule has 0 aliphatic rings. The van der Waals surface area contributed by atoms with Crippen LogP contribution in [0.1, 0.15) is 0 Å². The van der Waals surface area contributed by atoms with Crippen molar-refractivity contribution in [2.75, 3.05) is 24.7 Å². The first-order valence-corrected chi connectivity index (χ1v) is 11.3. The monoisotopic (exact) mass is 444 g/mol. The Morgan fingerprint density at radius 1 is 0.500 bits per heavy atom. The van der Waals surface area contributed by atoms with Gasteiger partial charge in [-0.2, -0.15) is 0 Å². The molecule has 4 aromatic carbocycles. The van der Waals surface area contributed by atoms with Gasteiger partial charge < -0.3 is 20.6 Å². The number of H-pyrrole nitrogens is 2. The molecule has 0 saturated carbocycles. The lowest BCUT2D eigenvalue weighted by atomic mass is 10.0. The van der Waals surface area contributed by atoms with Gasteiger partial charge in [-0.1, -0.05) is 12.1 Å². The summed E-state index contributed by atoms with van der Waals surface area (Å²) in [6.07, 6.45) is 0. The van der Waals surface area contributed by atoms with E-state index < -0.39 is 0 Å². The first-order valence-electron chi connectivity index (χ1n) is 11.3. The highest BCUT2D eigenvalue weighted by Crippen LogP contribution is 2.29. The van der Waals surface area contributed by atoms with Crippen LogP contribution in [0.25, 0.3) is 56.0 Å². The van der Waals surface area contributed by atoms with Gasteiger partial charge in [-0.25, -0.2) is 9.97 Å². The Bertz CT molecular complexity index is 1480. The molecule has 0 saturated heterocycles. The van der Waals surface area contributed by atoms with E-state index in [2.05, 4.69) is 106 Å². The first kappa shape index (κ1) is 20.1. The zero-order valence-corrected chi connectivity index (χ0v) is 19.0. The molecule has 34 heavy (non-hydrogen) atoms. The van der Waals surface area contributed by atoms with Crippen LogP contribution in [0.4, 0.5) is 11.4 Å². The van der Waals surface area contributed by atoms with E-state index in [1.165, 1.54) is 0 Å². The third-order valence-electron chi connectivity index (χ3n) is 6.19. The van der Waals surface area contributed by atoms with E-state index in [1.807, 2.05) is 14.1 Å². The van der Waals surface area contributed by atoms with Gasteiger partial charge in [0.1, 0.15) is 11.6 Å². The number of fused-ring (bicyclic) bond motifs is 2. The minimum Gasteiger partial charge on any atom is -0.388 e. The molecule has 2 aromatic heterocycles. The third-order valence-corrected chi connectivity index (χ3v) is 6.19. The molecule has 0 spiro atoms. The number of hydrogen-bond acceptors (Lipinski definition) is 4. The molecular weight excluding hydrogens is 420 g/mol. The quantitative estimate of drug-likeness (QED) is 0.244. The van der Waals surface area contributed by atoms with Crippen LogP contribution in [-0.2, 0) is 0 Å². The minimum absolute atomic E-state index is 0.868. The SMILES string of the molecule is CNc1ccc(-c2nc3ccc(-c4ccc5nc(-c6ccc(NC)cc6)[nH]c5c4)cc3[nH]2)cc1. The predicted octanol–water partition coefficient (Wildman–Crippen LogP) is 6.52. The van der Waals surface area contributed by atoms with Gasteiger partial charge in [-0.3, -0.25) is 0 Å². The number of hydrogen-bond donors (Lipinski definition) is 4. The fourth-order valence-electron chi connectivity index (χ4n) is 4.24. The van der Waals surface area contributed by atoms with Gasteiger partial charge in [-0.15, -0.1) is 0 Å². The van der Waals surface area contributed by atoms with Crippen molar-refractivity contribution in [2.45, 2.75) is 0 Å². The summed E-state index contributed by atoms with van der Waals surface area (Å²) >= 11 is 0. The summed E-state index contributed by atoms with van der Waals surface area (Å²) in [5.41, 5.74) is 10.5. The Hall–Kier alpha value is -4.58. The Balaban J connectivity index is 1.33. The van der Waals surface area contributed by atoms with Crippen molar-refractivity contribution in [3.63, 3.8) is 0 Å². The van der Waals surface area contributed by atoms with Gasteiger partial charge in [0, 0.05) is 36.6 Å². The summed E-state index contributed by atoms with van der Waals surface area (Å²) in [7, 11) is 3.83. The van der Waals surface area contributed by atoms with E-state index >= 15 is 0 Å². The highest BCUT2D eigenvalue weighted by Gasteiger charge is 2.10. The van der Waals surface area contributed by atoms with E-state index in [4.69, 9.17) is 9.97 Å². The lowest BCUT2D eigenvalue weighted by Crippen LogP contribution is -1.87. The van der Waals surface area contributed by atoms with Crippen molar-refractivity contribution in [3.05, 3.63) is 84.9 Å². The zero-order valence-electron chi connectivity index (χ0n) is 19.0. The Kier molecular flexibility index (Phi) is 4.77. The van der Waals surface area contributed by atoms with Crippen LogP contribution in [-0.4, -0.2) is 34.0 Å². The van der Waals surface area contributed by atoms with Crippen molar-refractivity contribution < 1.29 is 0 Å². The molecule has 0 bridgehead atoms. The fraction of sp³-hybridized carbons (Fsp3) is 0.0714. The van der Waals surface area contributed by atoms with Crippen LogP contribution in [0, 0.1) is 0 Å². The average Bonchev–Trinajstić information content (AvgIpc) is 3.52. The van der Waals surface area contributed by atoms with E-state index in [1.54, 1.807) is 0 Å². The van der Waals surface area contributed by atoms with Crippen LogP contribution in [0.3, 0.4) is 0 Å². The van der Waals surface area contributed by atoms with Crippen LogP contribution < -0.4 is 10.6 Å². The molecule has 0 radical (unpaired) electrons. The van der Waals surface area contributed by atoms with Crippen LogP contribution in [0.5, 0.6) is 0 Å². The Labute approximate surface area is 197 Å². The van der Waals surface area contributed by atoms with Crippen LogP contribution >= 0.6 is 0 Å². The first-order chi connectivity index (χ1) is 16.7. The number of aromatic nitrogens is 4. The molecule has 6 rings (SSSR count). The minimum atomic E-state index is 0.868. The number of benzene rings is 4. The summed E-state index contributed by atoms with van der Waals surface area (Å²) in [5, 5.41) is 6.29. The second kappa shape index (κ2) is 8.08. The normalized spacial score (nSPS) is 11.2. The fourth-order valence-corrected chi connectivity index (χ4v) is 4.24. The number of nitrogens with one attached hydrogen (secondary N) is 4. The van der Waals surface area contributed by atoms with Gasteiger partial charge in [0.05, 0.1) is 22.1 Å². The molecule has 2 heterocycles. The maximum Gasteiger partial charge on any atom is 0.138 e. The van der Waals surface area contributed by atoms with Gasteiger partial charge in [0.15, 0.2) is 0 Å². The maximum absolute atomic E-state index is 4.78. The molecule has 0 amide bonds. The van der Waals surface area contributed by atoms with Crippen molar-refractivity contribution in [1.82, 2.24) is 19.9 Å². The van der Waals surface area contributed by atoms with Gasteiger partial charge >= 0.3 is 0 Å². The standard InChI is InChI=1S/C28H24N6/c1-29-21-9-3-17(4-10-21)27-31-23-13-7-19(15-25(23)33-27)20-8-14-24-26(16-20)34-28(32-24)18-5-11-22(30-2)12-6-18/h3-16,29-30H,1-2H3,(H,31,33)(H,32,34). The molecule has 0 fully saturated rings. The zero-order chi connectivity index (χ0) is 23.1. The third kappa shape index (κ3) is 3.55.